The van der Waals surface area contributed by atoms with E-state index < -0.39 is 0 Å². The lowest BCUT2D eigenvalue weighted by molar-refractivity contribution is -0.117. The molecule has 20 heavy (non-hydrogen) atoms. The summed E-state index contributed by atoms with van der Waals surface area (Å²) in [7, 11) is 0. The molecule has 0 saturated carbocycles. The first-order valence-corrected chi connectivity index (χ1v) is 6.68. The number of hydrogen-bond acceptors (Lipinski definition) is 3. The minimum absolute atomic E-state index is 0.0489. The number of hydrogen-bond donors (Lipinski definition) is 2. The Morgan fingerprint density at radius 1 is 1.50 bits per heavy atom. The van der Waals surface area contributed by atoms with Crippen molar-refractivity contribution >= 4 is 11.7 Å². The molecule has 1 aromatic rings. The van der Waals surface area contributed by atoms with Crippen LogP contribution in [0.2, 0.25) is 0 Å². The minimum atomic E-state index is -0.187. The summed E-state index contributed by atoms with van der Waals surface area (Å²) in [5.41, 5.74) is 0.812. The third kappa shape index (κ3) is 5.41. The highest BCUT2D eigenvalue weighted by Crippen LogP contribution is 2.28. The molecule has 108 valence electrons. The number of nitrogens with zero attached hydrogens (tertiary/aromatic N) is 1. The van der Waals surface area contributed by atoms with Gasteiger partial charge in [0, 0.05) is 18.2 Å². The lowest BCUT2D eigenvalue weighted by Crippen LogP contribution is -2.24. The van der Waals surface area contributed by atoms with Gasteiger partial charge in [0.05, 0.1) is 0 Å². The molecule has 0 spiro atoms. The van der Waals surface area contributed by atoms with Gasteiger partial charge >= 0.3 is 0 Å². The van der Waals surface area contributed by atoms with E-state index >= 15 is 0 Å². The molecule has 0 aliphatic carbocycles. The first-order chi connectivity index (χ1) is 9.32. The number of aliphatic hydroxyl groups excluding tert-OH is 1. The van der Waals surface area contributed by atoms with Crippen LogP contribution in [0.3, 0.4) is 0 Å². The SMILES string of the molecule is CC(CC(=O)Nc1cc(C#CCO)ccn1)C(C)(C)C. The van der Waals surface area contributed by atoms with Crippen LogP contribution >= 0.6 is 0 Å². The molecule has 0 aliphatic heterocycles. The van der Waals surface area contributed by atoms with Gasteiger partial charge in [-0.05, 0) is 23.5 Å². The fourth-order valence-corrected chi connectivity index (χ4v) is 1.50. The molecular weight excluding hydrogens is 252 g/mol. The van der Waals surface area contributed by atoms with Gasteiger partial charge in [-0.3, -0.25) is 4.79 Å². The number of aromatic nitrogens is 1. The molecule has 4 heteroatoms. The molecule has 0 saturated heterocycles. The summed E-state index contributed by atoms with van der Waals surface area (Å²) in [6, 6.07) is 3.43. The van der Waals surface area contributed by atoms with E-state index in [1.807, 2.05) is 0 Å². The van der Waals surface area contributed by atoms with Crippen LogP contribution in [0.4, 0.5) is 5.82 Å². The second kappa shape index (κ2) is 7.06. The number of amides is 1. The first kappa shape index (κ1) is 16.2. The summed E-state index contributed by atoms with van der Waals surface area (Å²) in [5.74, 6) is 6.06. The van der Waals surface area contributed by atoms with Crippen LogP contribution in [-0.4, -0.2) is 22.6 Å². The molecule has 0 bridgehead atoms. The molecule has 4 nitrogen and oxygen atoms in total. The fourth-order valence-electron chi connectivity index (χ4n) is 1.50. The average Bonchev–Trinajstić information content (AvgIpc) is 2.35. The summed E-state index contributed by atoms with van der Waals surface area (Å²) in [5, 5.41) is 11.4. The summed E-state index contributed by atoms with van der Waals surface area (Å²) in [4.78, 5) is 16.1. The van der Waals surface area contributed by atoms with Crippen molar-refractivity contribution in [3.8, 4) is 11.8 Å². The summed E-state index contributed by atoms with van der Waals surface area (Å²) in [6.45, 7) is 8.24. The Bertz CT molecular complexity index is 521. The zero-order chi connectivity index (χ0) is 15.2. The Morgan fingerprint density at radius 3 is 2.80 bits per heavy atom. The summed E-state index contributed by atoms with van der Waals surface area (Å²) in [6.07, 6.45) is 2.04. The monoisotopic (exact) mass is 274 g/mol. The van der Waals surface area contributed by atoms with E-state index in [-0.39, 0.29) is 23.8 Å². The van der Waals surface area contributed by atoms with Gasteiger partial charge < -0.3 is 10.4 Å². The number of carbonyl (C=O) groups excluding carboxylic acids is 1. The van der Waals surface area contributed by atoms with Crippen LogP contribution < -0.4 is 5.32 Å². The van der Waals surface area contributed by atoms with Crippen LogP contribution in [0.25, 0.3) is 0 Å². The number of rotatable bonds is 3. The molecule has 1 heterocycles. The third-order valence-electron chi connectivity index (χ3n) is 3.31. The van der Waals surface area contributed by atoms with E-state index in [1.165, 1.54) is 0 Å². The van der Waals surface area contributed by atoms with Crippen molar-refractivity contribution in [3.63, 3.8) is 0 Å². The van der Waals surface area contributed by atoms with Crippen molar-refractivity contribution < 1.29 is 9.90 Å². The van der Waals surface area contributed by atoms with Crippen molar-refractivity contribution in [2.24, 2.45) is 11.3 Å². The molecule has 0 aliphatic rings. The molecule has 1 atom stereocenters. The van der Waals surface area contributed by atoms with Crippen LogP contribution in [0.1, 0.15) is 39.7 Å². The Labute approximate surface area is 120 Å². The first-order valence-electron chi connectivity index (χ1n) is 6.68. The molecule has 2 N–H and O–H groups in total. The molecule has 1 aromatic heterocycles. The Morgan fingerprint density at radius 2 is 2.20 bits per heavy atom. The van der Waals surface area contributed by atoms with Crippen LogP contribution in [0, 0.1) is 23.2 Å². The normalized spacial score (nSPS) is 12.2. The lowest BCUT2D eigenvalue weighted by atomic mass is 9.80. The number of nitrogens with one attached hydrogen (secondary N) is 1. The fraction of sp³-hybridized carbons (Fsp3) is 0.500. The van der Waals surface area contributed by atoms with Gasteiger partial charge in [-0.15, -0.1) is 0 Å². The van der Waals surface area contributed by atoms with Crippen molar-refractivity contribution in [2.75, 3.05) is 11.9 Å². The molecular formula is C16H22N2O2. The second-order valence-electron chi connectivity index (χ2n) is 5.91. The van der Waals surface area contributed by atoms with Gasteiger partial charge in [-0.25, -0.2) is 4.98 Å². The Hall–Kier alpha value is -1.86. The van der Waals surface area contributed by atoms with Crippen LogP contribution in [0.15, 0.2) is 18.3 Å². The highest BCUT2D eigenvalue weighted by atomic mass is 16.2. The number of carbonyl (C=O) groups is 1. The third-order valence-corrected chi connectivity index (χ3v) is 3.31. The van der Waals surface area contributed by atoms with E-state index in [1.54, 1.807) is 18.3 Å². The van der Waals surface area contributed by atoms with Gasteiger partial charge in [-0.1, -0.05) is 39.5 Å². The van der Waals surface area contributed by atoms with Gasteiger partial charge in [0.15, 0.2) is 0 Å². The van der Waals surface area contributed by atoms with Gasteiger partial charge in [-0.2, -0.15) is 0 Å². The van der Waals surface area contributed by atoms with Gasteiger partial charge in [0.1, 0.15) is 12.4 Å². The van der Waals surface area contributed by atoms with E-state index in [4.69, 9.17) is 5.11 Å². The van der Waals surface area contributed by atoms with Crippen LogP contribution in [0.5, 0.6) is 0 Å². The highest BCUT2D eigenvalue weighted by Gasteiger charge is 2.22. The quantitative estimate of drug-likeness (QED) is 0.832. The van der Waals surface area contributed by atoms with E-state index in [2.05, 4.69) is 49.8 Å². The smallest absolute Gasteiger partial charge is 0.225 e. The topological polar surface area (TPSA) is 62.2 Å². The maximum Gasteiger partial charge on any atom is 0.225 e. The zero-order valence-corrected chi connectivity index (χ0v) is 12.5. The Balaban J connectivity index is 2.67. The van der Waals surface area contributed by atoms with E-state index in [0.29, 0.717) is 17.8 Å². The van der Waals surface area contributed by atoms with E-state index in [0.717, 1.165) is 0 Å². The van der Waals surface area contributed by atoms with Crippen molar-refractivity contribution in [1.29, 1.82) is 0 Å². The van der Waals surface area contributed by atoms with Crippen LogP contribution in [-0.2, 0) is 4.79 Å². The largest absolute Gasteiger partial charge is 0.384 e. The highest BCUT2D eigenvalue weighted by molar-refractivity contribution is 5.90. The predicted octanol–water partition coefficient (Wildman–Crippen LogP) is 2.44. The molecule has 1 amide bonds. The van der Waals surface area contributed by atoms with Crippen molar-refractivity contribution in [3.05, 3.63) is 23.9 Å². The number of aliphatic hydroxyl groups is 1. The summed E-state index contributed by atoms with van der Waals surface area (Å²) >= 11 is 0. The maximum absolute atomic E-state index is 12.0. The molecule has 0 radical (unpaired) electrons. The maximum atomic E-state index is 12.0. The molecule has 0 aromatic carbocycles. The summed E-state index contributed by atoms with van der Waals surface area (Å²) < 4.78 is 0. The average molecular weight is 274 g/mol. The minimum Gasteiger partial charge on any atom is -0.384 e. The van der Waals surface area contributed by atoms with Crippen molar-refractivity contribution in [1.82, 2.24) is 4.98 Å². The predicted molar refractivity (Wildman–Crippen MR) is 80.1 cm³/mol. The number of pyridine rings is 1. The Kier molecular flexibility index (Phi) is 5.72. The second-order valence-corrected chi connectivity index (χ2v) is 5.91. The number of anilines is 1. The zero-order valence-electron chi connectivity index (χ0n) is 12.5. The standard InChI is InChI=1S/C16H22N2O2/c1-12(16(2,3)4)10-15(20)18-14-11-13(6-5-9-19)7-8-17-14/h7-8,11-12,19H,9-10H2,1-4H3,(H,17,18,20). The van der Waals surface area contributed by atoms with Gasteiger partial charge in [0.25, 0.3) is 0 Å². The molecule has 0 fully saturated rings. The van der Waals surface area contributed by atoms with E-state index in [9.17, 15) is 4.79 Å². The molecule has 1 unspecified atom stereocenters. The van der Waals surface area contributed by atoms with Crippen molar-refractivity contribution in [2.45, 2.75) is 34.1 Å². The molecule has 1 rings (SSSR count). The lowest BCUT2D eigenvalue weighted by Gasteiger charge is -2.26. The van der Waals surface area contributed by atoms with Gasteiger partial charge in [0.2, 0.25) is 5.91 Å².